The number of rotatable bonds is 4. The lowest BCUT2D eigenvalue weighted by atomic mass is 10.1. The first-order valence-electron chi connectivity index (χ1n) is 5.86. The van der Waals surface area contributed by atoms with Crippen LogP contribution in [0, 0.1) is 5.82 Å². The van der Waals surface area contributed by atoms with Crippen molar-refractivity contribution in [3.63, 3.8) is 0 Å². The van der Waals surface area contributed by atoms with E-state index in [9.17, 15) is 17.6 Å². The lowest BCUT2D eigenvalue weighted by Gasteiger charge is -2.27. The summed E-state index contributed by atoms with van der Waals surface area (Å²) in [6, 6.07) is 2.02. The van der Waals surface area contributed by atoms with Gasteiger partial charge in [-0.15, -0.1) is 0 Å². The highest BCUT2D eigenvalue weighted by Crippen LogP contribution is 2.36. The Balaban J connectivity index is 2.24. The van der Waals surface area contributed by atoms with Crippen molar-refractivity contribution in [3.05, 3.63) is 23.5 Å². The van der Waals surface area contributed by atoms with Gasteiger partial charge in [0.2, 0.25) is 0 Å². The summed E-state index contributed by atoms with van der Waals surface area (Å²) in [5, 5.41) is 0. The number of hydrogen-bond acceptors (Lipinski definition) is 7. The zero-order valence-electron chi connectivity index (χ0n) is 11.3. The number of hydrogen-bond donors (Lipinski definition) is 0. The SMILES string of the molecule is COC(=O)c1cc(F)cc2c1OC(COS(C)(=O)=O)CO2. The number of carbonyl (C=O) groups is 1. The molecule has 0 aliphatic carbocycles. The summed E-state index contributed by atoms with van der Waals surface area (Å²) in [5.41, 5.74) is -0.142. The number of fused-ring (bicyclic) bond motifs is 1. The van der Waals surface area contributed by atoms with E-state index in [0.717, 1.165) is 25.5 Å². The Bertz CT molecular complexity index is 656. The van der Waals surface area contributed by atoms with Crippen LogP contribution in [0.25, 0.3) is 0 Å². The van der Waals surface area contributed by atoms with E-state index in [1.54, 1.807) is 0 Å². The molecule has 1 aromatic rings. The third-order valence-electron chi connectivity index (χ3n) is 2.60. The van der Waals surface area contributed by atoms with Gasteiger partial charge in [-0.25, -0.2) is 9.18 Å². The molecule has 0 bridgehead atoms. The van der Waals surface area contributed by atoms with Gasteiger partial charge in [0.05, 0.1) is 13.4 Å². The van der Waals surface area contributed by atoms with Crippen LogP contribution < -0.4 is 9.47 Å². The van der Waals surface area contributed by atoms with Crippen LogP contribution in [0.3, 0.4) is 0 Å². The molecule has 0 radical (unpaired) electrons. The summed E-state index contributed by atoms with van der Waals surface area (Å²) < 4.78 is 55.2. The molecule has 0 spiro atoms. The van der Waals surface area contributed by atoms with E-state index in [1.807, 2.05) is 0 Å². The summed E-state index contributed by atoms with van der Waals surface area (Å²) >= 11 is 0. The van der Waals surface area contributed by atoms with E-state index < -0.39 is 28.0 Å². The molecule has 7 nitrogen and oxygen atoms in total. The van der Waals surface area contributed by atoms with Crippen molar-refractivity contribution in [2.75, 3.05) is 26.6 Å². The van der Waals surface area contributed by atoms with Crippen LogP contribution in [0.15, 0.2) is 12.1 Å². The molecule has 0 aromatic heterocycles. The molecule has 1 aromatic carbocycles. The van der Waals surface area contributed by atoms with Crippen molar-refractivity contribution in [2.24, 2.45) is 0 Å². The summed E-state index contributed by atoms with van der Waals surface area (Å²) in [4.78, 5) is 11.6. The van der Waals surface area contributed by atoms with Gasteiger partial charge in [-0.1, -0.05) is 0 Å². The highest BCUT2D eigenvalue weighted by molar-refractivity contribution is 7.85. The topological polar surface area (TPSA) is 88.1 Å². The smallest absolute Gasteiger partial charge is 0.341 e. The van der Waals surface area contributed by atoms with Crippen LogP contribution in [0.4, 0.5) is 4.39 Å². The monoisotopic (exact) mass is 320 g/mol. The Morgan fingerprint density at radius 1 is 1.48 bits per heavy atom. The van der Waals surface area contributed by atoms with E-state index in [2.05, 4.69) is 8.92 Å². The maximum Gasteiger partial charge on any atom is 0.341 e. The van der Waals surface area contributed by atoms with Crippen molar-refractivity contribution < 1.29 is 36.0 Å². The number of esters is 1. The van der Waals surface area contributed by atoms with E-state index in [4.69, 9.17) is 9.47 Å². The summed E-state index contributed by atoms with van der Waals surface area (Å²) in [5.74, 6) is -1.43. The van der Waals surface area contributed by atoms with Crippen LogP contribution in [-0.4, -0.2) is 47.1 Å². The minimum atomic E-state index is -3.63. The van der Waals surface area contributed by atoms with Crippen LogP contribution in [0.5, 0.6) is 11.5 Å². The molecular weight excluding hydrogens is 307 g/mol. The van der Waals surface area contributed by atoms with Gasteiger partial charge in [-0.2, -0.15) is 8.42 Å². The second kappa shape index (κ2) is 5.86. The molecule has 2 rings (SSSR count). The first kappa shape index (κ1) is 15.5. The molecular formula is C12H13FO7S. The van der Waals surface area contributed by atoms with Crippen molar-refractivity contribution >= 4 is 16.1 Å². The molecule has 0 saturated heterocycles. The molecule has 1 unspecified atom stereocenters. The zero-order valence-corrected chi connectivity index (χ0v) is 12.1. The molecule has 9 heteroatoms. The van der Waals surface area contributed by atoms with Gasteiger partial charge >= 0.3 is 5.97 Å². The van der Waals surface area contributed by atoms with E-state index in [-0.39, 0.29) is 30.3 Å². The van der Waals surface area contributed by atoms with Gasteiger partial charge in [0.1, 0.15) is 24.6 Å². The van der Waals surface area contributed by atoms with Gasteiger partial charge in [0.15, 0.2) is 17.6 Å². The first-order valence-corrected chi connectivity index (χ1v) is 7.67. The zero-order chi connectivity index (χ0) is 15.6. The quantitative estimate of drug-likeness (QED) is 0.597. The molecule has 0 N–H and O–H groups in total. The Labute approximate surface area is 120 Å². The molecule has 21 heavy (non-hydrogen) atoms. The molecule has 1 heterocycles. The number of ether oxygens (including phenoxy) is 3. The maximum absolute atomic E-state index is 13.4. The van der Waals surface area contributed by atoms with Gasteiger partial charge in [-0.05, 0) is 6.07 Å². The number of methoxy groups -OCH3 is 1. The summed E-state index contributed by atoms with van der Waals surface area (Å²) in [6.07, 6.45) is 0.154. The van der Waals surface area contributed by atoms with Crippen LogP contribution in [0.2, 0.25) is 0 Å². The Morgan fingerprint density at radius 3 is 2.81 bits per heavy atom. The lowest BCUT2D eigenvalue weighted by Crippen LogP contribution is -2.35. The Morgan fingerprint density at radius 2 is 2.19 bits per heavy atom. The fraction of sp³-hybridized carbons (Fsp3) is 0.417. The molecule has 0 amide bonds. The molecule has 116 valence electrons. The largest absolute Gasteiger partial charge is 0.486 e. The predicted octanol–water partition coefficient (Wildman–Crippen LogP) is 0.728. The minimum absolute atomic E-state index is 0.00315. The maximum atomic E-state index is 13.4. The minimum Gasteiger partial charge on any atom is -0.486 e. The third-order valence-corrected chi connectivity index (χ3v) is 3.17. The van der Waals surface area contributed by atoms with Crippen molar-refractivity contribution in [3.8, 4) is 11.5 Å². The Hall–Kier alpha value is -1.87. The molecule has 0 saturated carbocycles. The Kier molecular flexibility index (Phi) is 4.33. The normalized spacial score (nSPS) is 17.4. The average molecular weight is 320 g/mol. The van der Waals surface area contributed by atoms with Crippen LogP contribution in [0.1, 0.15) is 10.4 Å². The molecule has 0 fully saturated rings. The summed E-state index contributed by atoms with van der Waals surface area (Å²) in [6.45, 7) is -0.317. The second-order valence-corrected chi connectivity index (χ2v) is 5.96. The van der Waals surface area contributed by atoms with Crippen LogP contribution in [-0.2, 0) is 19.0 Å². The van der Waals surface area contributed by atoms with Gasteiger partial charge in [-0.3, -0.25) is 4.18 Å². The van der Waals surface area contributed by atoms with Crippen molar-refractivity contribution in [2.45, 2.75) is 6.10 Å². The fourth-order valence-corrected chi connectivity index (χ4v) is 2.12. The predicted molar refractivity (Wildman–Crippen MR) is 68.4 cm³/mol. The molecule has 1 atom stereocenters. The number of carbonyl (C=O) groups excluding carboxylic acids is 1. The standard InChI is InChI=1S/C12H13FO7S/c1-17-12(14)9-3-7(13)4-10-11(9)20-8(5-18-10)6-19-21(2,15)16/h3-4,8H,5-6H2,1-2H3. The number of halogens is 1. The van der Waals surface area contributed by atoms with Crippen molar-refractivity contribution in [1.29, 1.82) is 0 Å². The van der Waals surface area contributed by atoms with Gasteiger partial charge in [0.25, 0.3) is 10.1 Å². The van der Waals surface area contributed by atoms with Crippen molar-refractivity contribution in [1.82, 2.24) is 0 Å². The molecule has 1 aliphatic rings. The van der Waals surface area contributed by atoms with E-state index in [0.29, 0.717) is 0 Å². The second-order valence-electron chi connectivity index (χ2n) is 4.31. The third kappa shape index (κ3) is 3.82. The average Bonchev–Trinajstić information content (AvgIpc) is 2.42. The van der Waals surface area contributed by atoms with Crippen LogP contribution >= 0.6 is 0 Å². The highest BCUT2D eigenvalue weighted by Gasteiger charge is 2.28. The summed E-state index contributed by atoms with van der Waals surface area (Å²) in [7, 11) is -2.48. The lowest BCUT2D eigenvalue weighted by molar-refractivity contribution is 0.0472. The molecule has 1 aliphatic heterocycles. The highest BCUT2D eigenvalue weighted by atomic mass is 32.2. The van der Waals surface area contributed by atoms with E-state index in [1.165, 1.54) is 0 Å². The fourth-order valence-electron chi connectivity index (χ4n) is 1.72. The van der Waals surface area contributed by atoms with Gasteiger partial charge in [0, 0.05) is 6.07 Å². The first-order chi connectivity index (χ1) is 9.80. The number of benzene rings is 1. The van der Waals surface area contributed by atoms with E-state index >= 15 is 0 Å². The van der Waals surface area contributed by atoms with Gasteiger partial charge < -0.3 is 14.2 Å².